The largest absolute Gasteiger partial charge is 0.487 e. The summed E-state index contributed by atoms with van der Waals surface area (Å²) in [4.78, 5) is 0. The third kappa shape index (κ3) is 2.91. The van der Waals surface area contributed by atoms with Gasteiger partial charge in [-0.3, -0.25) is 0 Å². The molecule has 1 aromatic carbocycles. The first kappa shape index (κ1) is 14.4. The van der Waals surface area contributed by atoms with E-state index in [0.717, 1.165) is 30.3 Å². The second-order valence-electron chi connectivity index (χ2n) is 5.37. The van der Waals surface area contributed by atoms with Gasteiger partial charge in [-0.2, -0.15) is 0 Å². The third-order valence-electron chi connectivity index (χ3n) is 3.84. The second kappa shape index (κ2) is 5.72. The summed E-state index contributed by atoms with van der Waals surface area (Å²) in [7, 11) is 0. The molecule has 0 radical (unpaired) electrons. The number of hydrogen-bond acceptors (Lipinski definition) is 4. The van der Waals surface area contributed by atoms with Crippen molar-refractivity contribution in [1.82, 2.24) is 0 Å². The van der Waals surface area contributed by atoms with Crippen molar-refractivity contribution < 1.29 is 14.2 Å². The Morgan fingerprint density at radius 2 is 2.25 bits per heavy atom. The molecule has 2 fully saturated rings. The summed E-state index contributed by atoms with van der Waals surface area (Å²) < 4.78 is 18.2. The lowest BCUT2D eigenvalue weighted by atomic mass is 9.91. The normalized spacial score (nSPS) is 29.8. The predicted molar refractivity (Wildman–Crippen MR) is 81.3 cm³/mol. The first-order chi connectivity index (χ1) is 9.58. The molecule has 0 aromatic heterocycles. The van der Waals surface area contributed by atoms with Crippen LogP contribution in [0.1, 0.15) is 19.3 Å². The Morgan fingerprint density at radius 1 is 1.40 bits per heavy atom. The summed E-state index contributed by atoms with van der Waals surface area (Å²) in [5, 5.41) is 0.592. The van der Waals surface area contributed by atoms with E-state index in [2.05, 4.69) is 15.9 Å². The van der Waals surface area contributed by atoms with Gasteiger partial charge in [0.1, 0.15) is 6.10 Å². The van der Waals surface area contributed by atoms with Crippen LogP contribution in [0.4, 0.5) is 5.69 Å². The fourth-order valence-electron chi connectivity index (χ4n) is 2.82. The van der Waals surface area contributed by atoms with E-state index in [9.17, 15) is 0 Å². The molecular formula is C14H17BrClNO3. The summed E-state index contributed by atoms with van der Waals surface area (Å²) in [5.74, 6) is 0.662. The Kier molecular flexibility index (Phi) is 4.13. The highest BCUT2D eigenvalue weighted by atomic mass is 79.9. The molecule has 0 bridgehead atoms. The third-order valence-corrected chi connectivity index (χ3v) is 4.64. The first-order valence-electron chi connectivity index (χ1n) is 6.71. The zero-order chi connectivity index (χ0) is 14.2. The van der Waals surface area contributed by atoms with E-state index >= 15 is 0 Å². The lowest BCUT2D eigenvalue weighted by Gasteiger charge is -2.37. The molecule has 2 N–H and O–H groups in total. The molecule has 6 heteroatoms. The molecule has 0 amide bonds. The molecule has 1 aromatic rings. The molecule has 2 aliphatic rings. The van der Waals surface area contributed by atoms with Gasteiger partial charge in [0, 0.05) is 30.9 Å². The van der Waals surface area contributed by atoms with E-state index < -0.39 is 0 Å². The van der Waals surface area contributed by atoms with Gasteiger partial charge in [0.25, 0.3) is 0 Å². The van der Waals surface area contributed by atoms with Crippen molar-refractivity contribution in [3.63, 3.8) is 0 Å². The number of ether oxygens (including phenoxy) is 3. The smallest absolute Gasteiger partial charge is 0.156 e. The maximum atomic E-state index is 6.09. The van der Waals surface area contributed by atoms with Gasteiger partial charge in [0.2, 0.25) is 0 Å². The number of halogens is 2. The molecule has 2 heterocycles. The zero-order valence-corrected chi connectivity index (χ0v) is 13.4. The molecule has 0 aliphatic carbocycles. The van der Waals surface area contributed by atoms with Crippen LogP contribution in [0.15, 0.2) is 16.6 Å². The van der Waals surface area contributed by atoms with Gasteiger partial charge in [0.05, 0.1) is 29.0 Å². The van der Waals surface area contributed by atoms with E-state index in [1.807, 2.05) is 0 Å². The summed E-state index contributed by atoms with van der Waals surface area (Å²) in [6, 6.07) is 3.50. The van der Waals surface area contributed by atoms with Crippen molar-refractivity contribution in [1.29, 1.82) is 0 Å². The van der Waals surface area contributed by atoms with Gasteiger partial charge in [-0.25, -0.2) is 0 Å². The number of benzene rings is 1. The van der Waals surface area contributed by atoms with Crippen molar-refractivity contribution in [3.05, 3.63) is 21.6 Å². The van der Waals surface area contributed by atoms with E-state index in [1.165, 1.54) is 0 Å². The van der Waals surface area contributed by atoms with Crippen LogP contribution in [-0.4, -0.2) is 31.5 Å². The van der Waals surface area contributed by atoms with E-state index in [4.69, 9.17) is 31.5 Å². The van der Waals surface area contributed by atoms with Gasteiger partial charge in [0.15, 0.2) is 5.75 Å². The Balaban J connectivity index is 1.74. The Morgan fingerprint density at radius 3 is 2.95 bits per heavy atom. The Hall–Kier alpha value is -0.490. The van der Waals surface area contributed by atoms with Crippen LogP contribution >= 0.6 is 27.5 Å². The quantitative estimate of drug-likeness (QED) is 0.819. The minimum Gasteiger partial charge on any atom is -0.487 e. The van der Waals surface area contributed by atoms with Gasteiger partial charge in [-0.15, -0.1) is 0 Å². The van der Waals surface area contributed by atoms with Crippen LogP contribution < -0.4 is 10.5 Å². The van der Waals surface area contributed by atoms with Crippen molar-refractivity contribution in [3.8, 4) is 5.75 Å². The monoisotopic (exact) mass is 361 g/mol. The Labute approximate surface area is 131 Å². The average molecular weight is 363 g/mol. The van der Waals surface area contributed by atoms with Gasteiger partial charge < -0.3 is 19.9 Å². The number of nitrogens with two attached hydrogens (primary N) is 1. The lowest BCUT2D eigenvalue weighted by Crippen LogP contribution is -2.44. The van der Waals surface area contributed by atoms with Crippen molar-refractivity contribution in [2.24, 2.45) is 0 Å². The van der Waals surface area contributed by atoms with Gasteiger partial charge >= 0.3 is 0 Å². The van der Waals surface area contributed by atoms with Crippen LogP contribution in [0.25, 0.3) is 0 Å². The number of anilines is 1. The van der Waals surface area contributed by atoms with Crippen LogP contribution in [-0.2, 0) is 9.47 Å². The van der Waals surface area contributed by atoms with Crippen LogP contribution in [0, 0.1) is 0 Å². The van der Waals surface area contributed by atoms with E-state index in [0.29, 0.717) is 29.7 Å². The van der Waals surface area contributed by atoms with Gasteiger partial charge in [-0.1, -0.05) is 11.6 Å². The summed E-state index contributed by atoms with van der Waals surface area (Å²) in [6.45, 7) is 2.11. The minimum atomic E-state index is -0.170. The molecule has 1 spiro atoms. The van der Waals surface area contributed by atoms with E-state index in [1.54, 1.807) is 12.1 Å². The maximum Gasteiger partial charge on any atom is 0.156 e. The van der Waals surface area contributed by atoms with E-state index in [-0.39, 0.29) is 11.7 Å². The fraction of sp³-hybridized carbons (Fsp3) is 0.571. The summed E-state index contributed by atoms with van der Waals surface area (Å²) in [6.07, 6.45) is 2.72. The number of hydrogen-bond donors (Lipinski definition) is 1. The molecule has 3 rings (SSSR count). The maximum absolute atomic E-state index is 6.09. The average Bonchev–Trinajstić information content (AvgIpc) is 2.82. The molecular weight excluding hydrogens is 346 g/mol. The predicted octanol–water partition coefficient (Wildman–Crippen LogP) is 3.40. The Bertz CT molecular complexity index is 482. The van der Waals surface area contributed by atoms with Crippen molar-refractivity contribution in [2.45, 2.75) is 31.0 Å². The number of nitrogen functional groups attached to an aromatic ring is 1. The van der Waals surface area contributed by atoms with Crippen LogP contribution in [0.2, 0.25) is 5.02 Å². The summed E-state index contributed by atoms with van der Waals surface area (Å²) >= 11 is 9.42. The standard InChI is InChI=1S/C14H17BrClNO3/c15-11-5-9(16)6-12(17)13(11)20-10-1-3-19-14(7-10)2-4-18-8-14/h5-6,10H,1-4,7-8,17H2. The molecule has 20 heavy (non-hydrogen) atoms. The molecule has 2 saturated heterocycles. The highest BCUT2D eigenvalue weighted by Crippen LogP contribution is 2.39. The molecule has 2 aliphatic heterocycles. The zero-order valence-electron chi connectivity index (χ0n) is 11.0. The fourth-order valence-corrected chi connectivity index (χ4v) is 3.75. The SMILES string of the molecule is Nc1cc(Cl)cc(Br)c1OC1CCOC2(CCOC2)C1. The molecule has 4 nitrogen and oxygen atoms in total. The van der Waals surface area contributed by atoms with Crippen LogP contribution in [0.3, 0.4) is 0 Å². The minimum absolute atomic E-state index is 0.0882. The lowest BCUT2D eigenvalue weighted by molar-refractivity contribution is -0.112. The second-order valence-corrected chi connectivity index (χ2v) is 6.66. The van der Waals surface area contributed by atoms with Gasteiger partial charge in [-0.05, 0) is 28.1 Å². The molecule has 0 saturated carbocycles. The van der Waals surface area contributed by atoms with Crippen molar-refractivity contribution in [2.75, 3.05) is 25.6 Å². The molecule has 2 atom stereocenters. The molecule has 110 valence electrons. The topological polar surface area (TPSA) is 53.7 Å². The molecule has 2 unspecified atom stereocenters. The highest BCUT2D eigenvalue weighted by Gasteiger charge is 2.42. The summed E-state index contributed by atoms with van der Waals surface area (Å²) in [5.41, 5.74) is 6.37. The van der Waals surface area contributed by atoms with Crippen molar-refractivity contribution >= 4 is 33.2 Å². The number of rotatable bonds is 2. The van der Waals surface area contributed by atoms with Crippen LogP contribution in [0.5, 0.6) is 5.75 Å². The first-order valence-corrected chi connectivity index (χ1v) is 7.88. The highest BCUT2D eigenvalue weighted by molar-refractivity contribution is 9.10.